The largest absolute Gasteiger partial charge is 0.490 e. The third-order valence-electron chi connectivity index (χ3n) is 4.22. The van der Waals surface area contributed by atoms with Crippen LogP contribution in [0.1, 0.15) is 51.0 Å². The Bertz CT molecular complexity index is 423. The molecule has 0 bridgehead atoms. The predicted molar refractivity (Wildman–Crippen MR) is 86.2 cm³/mol. The van der Waals surface area contributed by atoms with Gasteiger partial charge in [0.2, 0.25) is 0 Å². The molecule has 1 aliphatic rings. The Morgan fingerprint density at radius 2 is 2.00 bits per heavy atom. The van der Waals surface area contributed by atoms with E-state index in [2.05, 4.69) is 35.0 Å². The van der Waals surface area contributed by atoms with E-state index < -0.39 is 0 Å². The molecule has 2 rings (SSSR count). The van der Waals surface area contributed by atoms with Gasteiger partial charge >= 0.3 is 0 Å². The highest BCUT2D eigenvalue weighted by Crippen LogP contribution is 2.31. The summed E-state index contributed by atoms with van der Waals surface area (Å²) < 4.78 is 7.23. The van der Waals surface area contributed by atoms with E-state index >= 15 is 0 Å². The second kappa shape index (κ2) is 7.46. The van der Waals surface area contributed by atoms with Gasteiger partial charge in [-0.05, 0) is 82.1 Å². The number of aliphatic hydroxyl groups is 1. The molecule has 0 aliphatic heterocycles. The molecule has 0 saturated heterocycles. The van der Waals surface area contributed by atoms with E-state index in [1.165, 1.54) is 18.4 Å². The van der Waals surface area contributed by atoms with E-state index in [-0.39, 0.29) is 6.10 Å². The topological polar surface area (TPSA) is 29.5 Å². The molecule has 1 N–H and O–H groups in total. The summed E-state index contributed by atoms with van der Waals surface area (Å²) in [7, 11) is 0. The lowest BCUT2D eigenvalue weighted by molar-refractivity contribution is 0.117. The number of halogens is 1. The summed E-state index contributed by atoms with van der Waals surface area (Å²) in [4.78, 5) is 0. The highest BCUT2D eigenvalue weighted by atomic mass is 79.9. The van der Waals surface area contributed by atoms with Gasteiger partial charge in [0.05, 0.1) is 12.2 Å². The van der Waals surface area contributed by atoms with E-state index in [0.29, 0.717) is 6.10 Å². The van der Waals surface area contributed by atoms with Crippen molar-refractivity contribution in [3.05, 3.63) is 28.2 Å². The fraction of sp³-hybridized carbons (Fsp3) is 0.647. The minimum atomic E-state index is -0.158. The number of rotatable bonds is 5. The first-order valence-corrected chi connectivity index (χ1v) is 8.44. The van der Waals surface area contributed by atoms with Crippen LogP contribution in [-0.4, -0.2) is 17.3 Å². The lowest BCUT2D eigenvalue weighted by Gasteiger charge is -2.29. The third kappa shape index (κ3) is 4.78. The Kier molecular flexibility index (Phi) is 5.91. The van der Waals surface area contributed by atoms with Crippen LogP contribution in [0.25, 0.3) is 0 Å². The first-order chi connectivity index (χ1) is 9.54. The molecule has 0 unspecified atom stereocenters. The fourth-order valence-corrected chi connectivity index (χ4v) is 3.14. The molecule has 0 radical (unpaired) electrons. The maximum Gasteiger partial charge on any atom is 0.120 e. The molecule has 1 saturated carbocycles. The molecule has 0 spiro atoms. The molecular formula is C17H25BrO2. The molecule has 112 valence electrons. The van der Waals surface area contributed by atoms with Crippen molar-refractivity contribution in [3.8, 4) is 5.75 Å². The summed E-state index contributed by atoms with van der Waals surface area (Å²) in [5.41, 5.74) is 1.22. The second-order valence-electron chi connectivity index (χ2n) is 6.10. The SMILES string of the molecule is Cc1cc(OC2CCC(CC[C@H](C)O)CC2)ccc1Br. The van der Waals surface area contributed by atoms with Crippen LogP contribution in [0.3, 0.4) is 0 Å². The molecular weight excluding hydrogens is 316 g/mol. The van der Waals surface area contributed by atoms with Crippen molar-refractivity contribution in [2.75, 3.05) is 0 Å². The first kappa shape index (κ1) is 15.8. The van der Waals surface area contributed by atoms with Gasteiger partial charge in [-0.25, -0.2) is 0 Å². The minimum absolute atomic E-state index is 0.158. The van der Waals surface area contributed by atoms with Crippen molar-refractivity contribution in [1.29, 1.82) is 0 Å². The Hall–Kier alpha value is -0.540. The summed E-state index contributed by atoms with van der Waals surface area (Å²) in [5.74, 6) is 1.76. The predicted octanol–water partition coefficient (Wildman–Crippen LogP) is 4.86. The highest BCUT2D eigenvalue weighted by Gasteiger charge is 2.22. The summed E-state index contributed by atoms with van der Waals surface area (Å²) in [6.07, 6.45) is 7.02. The molecule has 2 nitrogen and oxygen atoms in total. The maximum atomic E-state index is 9.35. The molecule has 1 aromatic carbocycles. The highest BCUT2D eigenvalue weighted by molar-refractivity contribution is 9.10. The summed E-state index contributed by atoms with van der Waals surface area (Å²) >= 11 is 3.52. The lowest BCUT2D eigenvalue weighted by atomic mass is 9.84. The number of hydrogen-bond acceptors (Lipinski definition) is 2. The van der Waals surface area contributed by atoms with Gasteiger partial charge in [-0.2, -0.15) is 0 Å². The van der Waals surface area contributed by atoms with Gasteiger partial charge in [-0.1, -0.05) is 15.9 Å². The van der Waals surface area contributed by atoms with Crippen molar-refractivity contribution < 1.29 is 9.84 Å². The van der Waals surface area contributed by atoms with Gasteiger partial charge in [0.15, 0.2) is 0 Å². The average molecular weight is 341 g/mol. The molecule has 1 atom stereocenters. The lowest BCUT2D eigenvalue weighted by Crippen LogP contribution is -2.24. The summed E-state index contributed by atoms with van der Waals surface area (Å²) in [5, 5.41) is 9.35. The monoisotopic (exact) mass is 340 g/mol. The van der Waals surface area contributed by atoms with Gasteiger partial charge in [0, 0.05) is 4.47 Å². The van der Waals surface area contributed by atoms with Crippen molar-refractivity contribution >= 4 is 15.9 Å². The Labute approximate surface area is 130 Å². The summed E-state index contributed by atoms with van der Waals surface area (Å²) in [6, 6.07) is 6.19. The van der Waals surface area contributed by atoms with E-state index in [1.807, 2.05) is 13.0 Å². The average Bonchev–Trinajstić information content (AvgIpc) is 2.42. The van der Waals surface area contributed by atoms with E-state index in [1.54, 1.807) is 0 Å². The zero-order valence-corrected chi connectivity index (χ0v) is 14.0. The molecule has 1 aliphatic carbocycles. The fourth-order valence-electron chi connectivity index (χ4n) is 2.90. The zero-order valence-electron chi connectivity index (χ0n) is 12.4. The number of benzene rings is 1. The van der Waals surface area contributed by atoms with Gasteiger partial charge in [0.1, 0.15) is 5.75 Å². The number of ether oxygens (including phenoxy) is 1. The second-order valence-corrected chi connectivity index (χ2v) is 6.95. The van der Waals surface area contributed by atoms with Gasteiger partial charge in [-0.15, -0.1) is 0 Å². The Balaban J connectivity index is 1.77. The first-order valence-electron chi connectivity index (χ1n) is 7.65. The van der Waals surface area contributed by atoms with Gasteiger partial charge in [0.25, 0.3) is 0 Å². The van der Waals surface area contributed by atoms with Crippen molar-refractivity contribution in [3.63, 3.8) is 0 Å². The standard InChI is InChI=1S/C17H25BrO2/c1-12-11-16(9-10-17(12)18)20-15-7-5-14(6-8-15)4-3-13(2)19/h9-11,13-15,19H,3-8H2,1-2H3/t13-,14?,15?/m0/s1. The van der Waals surface area contributed by atoms with E-state index in [0.717, 1.165) is 41.8 Å². The third-order valence-corrected chi connectivity index (χ3v) is 5.11. The zero-order chi connectivity index (χ0) is 14.5. The molecule has 1 fully saturated rings. The van der Waals surface area contributed by atoms with Crippen LogP contribution in [0.4, 0.5) is 0 Å². The molecule has 0 aromatic heterocycles. The normalized spacial score (nSPS) is 24.4. The molecule has 20 heavy (non-hydrogen) atoms. The molecule has 3 heteroatoms. The molecule has 1 aromatic rings. The van der Waals surface area contributed by atoms with E-state index in [9.17, 15) is 5.11 Å². The quantitative estimate of drug-likeness (QED) is 0.829. The minimum Gasteiger partial charge on any atom is -0.490 e. The Morgan fingerprint density at radius 1 is 1.30 bits per heavy atom. The van der Waals surface area contributed by atoms with Gasteiger partial charge in [-0.3, -0.25) is 0 Å². The number of aryl methyl sites for hydroxylation is 1. The van der Waals surface area contributed by atoms with Crippen LogP contribution in [-0.2, 0) is 0 Å². The van der Waals surface area contributed by atoms with Crippen molar-refractivity contribution in [2.45, 2.75) is 64.6 Å². The summed E-state index contributed by atoms with van der Waals surface area (Å²) in [6.45, 7) is 3.97. The maximum absolute atomic E-state index is 9.35. The van der Waals surface area contributed by atoms with E-state index in [4.69, 9.17) is 4.74 Å². The van der Waals surface area contributed by atoms with Crippen molar-refractivity contribution in [1.82, 2.24) is 0 Å². The smallest absolute Gasteiger partial charge is 0.120 e. The Morgan fingerprint density at radius 3 is 2.60 bits per heavy atom. The number of aliphatic hydroxyl groups excluding tert-OH is 1. The molecule has 0 amide bonds. The number of hydrogen-bond donors (Lipinski definition) is 1. The molecule has 0 heterocycles. The van der Waals surface area contributed by atoms with Crippen LogP contribution < -0.4 is 4.74 Å². The van der Waals surface area contributed by atoms with Gasteiger partial charge < -0.3 is 9.84 Å². The van der Waals surface area contributed by atoms with Crippen LogP contribution in [0.5, 0.6) is 5.75 Å². The van der Waals surface area contributed by atoms with Crippen LogP contribution in [0.2, 0.25) is 0 Å². The van der Waals surface area contributed by atoms with Crippen LogP contribution in [0, 0.1) is 12.8 Å². The van der Waals surface area contributed by atoms with Crippen LogP contribution >= 0.6 is 15.9 Å². The van der Waals surface area contributed by atoms with Crippen molar-refractivity contribution in [2.24, 2.45) is 5.92 Å². The van der Waals surface area contributed by atoms with Crippen LogP contribution in [0.15, 0.2) is 22.7 Å².